The summed E-state index contributed by atoms with van der Waals surface area (Å²) in [6.45, 7) is 9.07. The molecule has 4 aromatic rings. The maximum Gasteiger partial charge on any atom is 0.393 e. The van der Waals surface area contributed by atoms with E-state index in [0.29, 0.717) is 63.2 Å². The molecule has 310 valence electrons. The van der Waals surface area contributed by atoms with Gasteiger partial charge in [-0.15, -0.1) is 0 Å². The van der Waals surface area contributed by atoms with Crippen molar-refractivity contribution < 1.29 is 50.6 Å². The monoisotopic (exact) mass is 816 g/mol. The van der Waals surface area contributed by atoms with Crippen molar-refractivity contribution in [2.45, 2.75) is 69.4 Å². The molecule has 16 nitrogen and oxygen atoms in total. The van der Waals surface area contributed by atoms with E-state index in [1.54, 1.807) is 9.80 Å². The van der Waals surface area contributed by atoms with Gasteiger partial charge >= 0.3 is 6.18 Å². The van der Waals surface area contributed by atoms with Gasteiger partial charge in [-0.2, -0.15) is 13.2 Å². The van der Waals surface area contributed by atoms with Crippen LogP contribution in [0.1, 0.15) is 59.7 Å². The van der Waals surface area contributed by atoms with Crippen LogP contribution in [-0.2, 0) is 9.59 Å². The molecule has 21 heteroatoms. The van der Waals surface area contributed by atoms with Crippen LogP contribution < -0.4 is 20.1 Å². The van der Waals surface area contributed by atoms with E-state index in [1.807, 2.05) is 0 Å². The summed E-state index contributed by atoms with van der Waals surface area (Å²) < 4.78 is 75.7. The standard InChI is InChI=1S/C19H20F3N5O3.C18H21F2N5O3/c1-2-15(28)27-5-3-10(4-6-27)30-14-9-24-17-16(26-14)11(8-23-17)18(29)25-13-7-12(13)19(20,21)22;1-3-14(26)25-6-4-11(5-7-25)28-13-9-22-16-15(24-13)12(8-21-16)17(27)23-10-18(2,19)20/h2,8-10,12-13H,1,3-7H2,(H,23,24)(H,25,29);3,8-9,11H,1,4-7,10H2,2H3,(H,21,22)(H,23,27)/t12-,13-;/m1./s1. The number of H-pyrrole nitrogens is 2. The van der Waals surface area contributed by atoms with Gasteiger partial charge in [0.05, 0.1) is 36.0 Å². The first-order chi connectivity index (χ1) is 27.5. The summed E-state index contributed by atoms with van der Waals surface area (Å²) in [5.41, 5.74) is 1.39. The number of rotatable bonds is 11. The number of piperidine rings is 2. The first-order valence-electron chi connectivity index (χ1n) is 18.4. The summed E-state index contributed by atoms with van der Waals surface area (Å²) in [6, 6.07) is -0.918. The quantitative estimate of drug-likeness (QED) is 0.126. The van der Waals surface area contributed by atoms with E-state index < -0.39 is 42.4 Å². The maximum atomic E-state index is 13.0. The van der Waals surface area contributed by atoms with Crippen molar-refractivity contribution in [3.8, 4) is 11.8 Å². The Bertz CT molecular complexity index is 2170. The summed E-state index contributed by atoms with van der Waals surface area (Å²) in [5, 5.41) is 4.57. The molecule has 2 aliphatic heterocycles. The molecular weight excluding hydrogens is 775 g/mol. The Labute approximate surface area is 327 Å². The lowest BCUT2D eigenvalue weighted by Crippen LogP contribution is -2.41. The van der Waals surface area contributed by atoms with Crippen molar-refractivity contribution in [2.24, 2.45) is 5.92 Å². The van der Waals surface area contributed by atoms with E-state index in [9.17, 15) is 41.1 Å². The highest BCUT2D eigenvalue weighted by Crippen LogP contribution is 2.44. The normalized spacial score (nSPS) is 18.9. The molecule has 2 saturated heterocycles. The smallest absolute Gasteiger partial charge is 0.393 e. The zero-order valence-corrected chi connectivity index (χ0v) is 31.3. The van der Waals surface area contributed by atoms with Gasteiger partial charge in [-0.1, -0.05) is 13.2 Å². The number of nitrogens with one attached hydrogen (secondary N) is 4. The molecule has 58 heavy (non-hydrogen) atoms. The third-order valence-electron chi connectivity index (χ3n) is 9.72. The molecule has 0 aromatic carbocycles. The Balaban J connectivity index is 0.000000196. The zero-order valence-electron chi connectivity index (χ0n) is 31.3. The molecular formula is C37H41F5N10O6. The molecule has 0 bridgehead atoms. The summed E-state index contributed by atoms with van der Waals surface area (Å²) in [5.74, 6) is -5.61. The first-order valence-corrected chi connectivity index (χ1v) is 18.4. The molecule has 3 aliphatic rings. The Hall–Kier alpha value is -6.15. The number of alkyl halides is 5. The minimum absolute atomic E-state index is 0.111. The number of hydrogen-bond acceptors (Lipinski definition) is 10. The Morgan fingerprint density at radius 3 is 1.64 bits per heavy atom. The number of carbonyl (C=O) groups excluding carboxylic acids is 4. The minimum atomic E-state index is -4.31. The molecule has 0 spiro atoms. The van der Waals surface area contributed by atoms with Crippen LogP contribution in [0.5, 0.6) is 11.8 Å². The van der Waals surface area contributed by atoms with Crippen LogP contribution >= 0.6 is 0 Å². The van der Waals surface area contributed by atoms with E-state index in [-0.39, 0.29) is 64.4 Å². The number of nitrogens with zero attached hydrogens (tertiary/aromatic N) is 6. The van der Waals surface area contributed by atoms with E-state index in [2.05, 4.69) is 53.7 Å². The molecule has 0 radical (unpaired) electrons. The molecule has 2 atom stereocenters. The van der Waals surface area contributed by atoms with Gasteiger partial charge < -0.3 is 39.9 Å². The molecule has 1 aliphatic carbocycles. The predicted molar refractivity (Wildman–Crippen MR) is 197 cm³/mol. The van der Waals surface area contributed by atoms with Gasteiger partial charge in [0.1, 0.15) is 23.2 Å². The van der Waals surface area contributed by atoms with Crippen molar-refractivity contribution in [2.75, 3.05) is 32.7 Å². The summed E-state index contributed by atoms with van der Waals surface area (Å²) in [6.07, 6.45) is 5.89. The van der Waals surface area contributed by atoms with E-state index in [0.717, 1.165) is 6.92 Å². The second-order valence-corrected chi connectivity index (χ2v) is 14.1. The van der Waals surface area contributed by atoms with Crippen molar-refractivity contribution in [1.82, 2.24) is 50.3 Å². The SMILES string of the molecule is C=CC(=O)N1CCC(Oc2cnc3[nH]cc(C(=O)NCC(C)(F)F)c3n2)CC1.C=CC(=O)N1CCC(Oc2cnc3[nH]cc(C(=O)N[C@@H]4C[C@H]4C(F)(F)F)c3n2)CC1. The largest absolute Gasteiger partial charge is 0.473 e. The topological polar surface area (TPSA) is 200 Å². The van der Waals surface area contributed by atoms with Crippen LogP contribution in [0.15, 0.2) is 50.1 Å². The molecule has 4 amide bonds. The number of ether oxygens (including phenoxy) is 2. The number of aromatic nitrogens is 6. The number of hydrogen-bond donors (Lipinski definition) is 4. The third-order valence-corrected chi connectivity index (χ3v) is 9.72. The van der Waals surface area contributed by atoms with Crippen LogP contribution in [0.25, 0.3) is 22.3 Å². The number of amides is 4. The number of halogens is 5. The molecule has 7 rings (SSSR count). The van der Waals surface area contributed by atoms with Gasteiger partial charge in [0.2, 0.25) is 23.6 Å². The fraction of sp³-hybridized carbons (Fsp3) is 0.459. The van der Waals surface area contributed by atoms with Gasteiger partial charge in [-0.3, -0.25) is 19.2 Å². The minimum Gasteiger partial charge on any atom is -0.473 e. The summed E-state index contributed by atoms with van der Waals surface area (Å²) in [7, 11) is 0. The average Bonchev–Trinajstić information content (AvgIpc) is 3.66. The van der Waals surface area contributed by atoms with Crippen molar-refractivity contribution in [3.05, 3.63) is 61.2 Å². The Kier molecular flexibility index (Phi) is 12.3. The second-order valence-electron chi connectivity index (χ2n) is 14.1. The van der Waals surface area contributed by atoms with E-state index >= 15 is 0 Å². The summed E-state index contributed by atoms with van der Waals surface area (Å²) in [4.78, 5) is 73.8. The van der Waals surface area contributed by atoms with Crippen LogP contribution in [0.3, 0.4) is 0 Å². The number of carbonyl (C=O) groups is 4. The average molecular weight is 817 g/mol. The fourth-order valence-electron chi connectivity index (χ4n) is 6.49. The molecule has 4 aromatic heterocycles. The van der Waals surface area contributed by atoms with Gasteiger partial charge in [0, 0.05) is 77.2 Å². The van der Waals surface area contributed by atoms with Crippen LogP contribution in [0.4, 0.5) is 22.0 Å². The van der Waals surface area contributed by atoms with Crippen molar-refractivity contribution in [3.63, 3.8) is 0 Å². The number of fused-ring (bicyclic) bond motifs is 2. The summed E-state index contributed by atoms with van der Waals surface area (Å²) >= 11 is 0. The first kappa shape index (κ1) is 41.5. The van der Waals surface area contributed by atoms with Crippen molar-refractivity contribution in [1.29, 1.82) is 0 Å². The van der Waals surface area contributed by atoms with Gasteiger partial charge in [0.25, 0.3) is 17.7 Å². The van der Waals surface area contributed by atoms with E-state index in [1.165, 1.54) is 36.9 Å². The lowest BCUT2D eigenvalue weighted by atomic mass is 10.1. The van der Waals surface area contributed by atoms with Gasteiger partial charge in [-0.05, 0) is 18.6 Å². The highest BCUT2D eigenvalue weighted by atomic mass is 19.4. The molecule has 1 saturated carbocycles. The van der Waals surface area contributed by atoms with Gasteiger partial charge in [-0.25, -0.2) is 28.7 Å². The molecule has 6 heterocycles. The maximum absolute atomic E-state index is 13.0. The Morgan fingerprint density at radius 1 is 0.793 bits per heavy atom. The second kappa shape index (κ2) is 17.1. The molecule has 0 unspecified atom stereocenters. The number of likely N-dealkylation sites (tertiary alicyclic amines) is 2. The predicted octanol–water partition coefficient (Wildman–Crippen LogP) is 4.09. The van der Waals surface area contributed by atoms with Crippen molar-refractivity contribution >= 4 is 46.0 Å². The van der Waals surface area contributed by atoms with Crippen LogP contribution in [0, 0.1) is 5.92 Å². The fourth-order valence-corrected chi connectivity index (χ4v) is 6.49. The van der Waals surface area contributed by atoms with E-state index in [4.69, 9.17) is 9.47 Å². The molecule has 3 fully saturated rings. The lowest BCUT2D eigenvalue weighted by Gasteiger charge is -2.31. The van der Waals surface area contributed by atoms with Gasteiger partial charge in [0.15, 0.2) is 11.3 Å². The third kappa shape index (κ3) is 10.2. The van der Waals surface area contributed by atoms with Crippen LogP contribution in [-0.4, -0.2) is 126 Å². The molecule has 4 N–H and O–H groups in total. The zero-order chi connectivity index (χ0) is 41.8. The van der Waals surface area contributed by atoms with Crippen LogP contribution in [0.2, 0.25) is 0 Å². The highest BCUT2D eigenvalue weighted by Gasteiger charge is 2.56. The lowest BCUT2D eigenvalue weighted by molar-refractivity contribution is -0.148. The Morgan fingerprint density at radius 2 is 1.24 bits per heavy atom. The number of aromatic amines is 2. The highest BCUT2D eigenvalue weighted by molar-refractivity contribution is 6.05.